The monoisotopic (exact) mass is 433 g/mol. The average Bonchev–Trinajstić information content (AvgIpc) is 2.72. The third-order valence-corrected chi connectivity index (χ3v) is 5.86. The van der Waals surface area contributed by atoms with Gasteiger partial charge in [-0.05, 0) is 35.9 Å². The van der Waals surface area contributed by atoms with Gasteiger partial charge in [0.25, 0.3) is 10.0 Å². The van der Waals surface area contributed by atoms with Gasteiger partial charge in [-0.25, -0.2) is 22.2 Å². The van der Waals surface area contributed by atoms with E-state index in [9.17, 15) is 17.2 Å². The van der Waals surface area contributed by atoms with Crippen LogP contribution in [0.25, 0.3) is 11.1 Å². The Kier molecular flexibility index (Phi) is 5.17. The fraction of sp³-hybridized carbons (Fsp3) is 0.150. The lowest BCUT2D eigenvalue weighted by molar-refractivity contribution is 0.323. The second-order valence-electron chi connectivity index (χ2n) is 6.45. The summed E-state index contributed by atoms with van der Waals surface area (Å²) < 4.78 is 65.4. The molecule has 10 heteroatoms. The number of rotatable bonds is 5. The summed E-state index contributed by atoms with van der Waals surface area (Å²) in [5.74, 6) is -1.35. The number of aromatic nitrogens is 1. The average molecular weight is 433 g/mol. The van der Waals surface area contributed by atoms with Crippen LogP contribution in [-0.2, 0) is 10.0 Å². The van der Waals surface area contributed by atoms with Crippen molar-refractivity contribution in [2.24, 2.45) is 0 Å². The molecule has 3 aromatic rings. The first-order chi connectivity index (χ1) is 14.4. The quantitative estimate of drug-likeness (QED) is 0.639. The SMILES string of the molecule is COc1ncc(-c2ccc3c(c2)NCCO3)cc1NS(=O)(=O)c1ccc(F)cc1F. The summed E-state index contributed by atoms with van der Waals surface area (Å²) in [7, 11) is -3.02. The smallest absolute Gasteiger partial charge is 0.264 e. The maximum absolute atomic E-state index is 14.0. The van der Waals surface area contributed by atoms with Crippen LogP contribution in [0.4, 0.5) is 20.2 Å². The van der Waals surface area contributed by atoms with Crippen LogP contribution in [-0.4, -0.2) is 33.7 Å². The Morgan fingerprint density at radius 3 is 2.73 bits per heavy atom. The molecule has 2 heterocycles. The van der Waals surface area contributed by atoms with Gasteiger partial charge >= 0.3 is 0 Å². The lowest BCUT2D eigenvalue weighted by Crippen LogP contribution is -2.17. The summed E-state index contributed by atoms with van der Waals surface area (Å²) in [4.78, 5) is 3.46. The molecular formula is C20H17F2N3O4S. The van der Waals surface area contributed by atoms with E-state index in [4.69, 9.17) is 9.47 Å². The normalized spacial score (nSPS) is 13.0. The molecule has 0 bridgehead atoms. The molecule has 0 saturated heterocycles. The van der Waals surface area contributed by atoms with Gasteiger partial charge < -0.3 is 14.8 Å². The number of halogens is 2. The van der Waals surface area contributed by atoms with E-state index in [0.717, 1.165) is 29.1 Å². The highest BCUT2D eigenvalue weighted by Crippen LogP contribution is 2.35. The van der Waals surface area contributed by atoms with Gasteiger partial charge in [0, 0.05) is 24.4 Å². The maximum atomic E-state index is 14.0. The molecular weight excluding hydrogens is 416 g/mol. The Morgan fingerprint density at radius 2 is 1.97 bits per heavy atom. The Labute approximate surface area is 171 Å². The fourth-order valence-corrected chi connectivity index (χ4v) is 4.17. The van der Waals surface area contributed by atoms with Crippen molar-refractivity contribution in [1.29, 1.82) is 0 Å². The number of ether oxygens (including phenoxy) is 2. The standard InChI is InChI=1S/C20H17F2N3O4S/c1-28-20-17(25-30(26,27)19-5-3-14(21)10-15(19)22)9-13(11-24-20)12-2-4-18-16(8-12)23-6-7-29-18/h2-5,8-11,23,25H,6-7H2,1H3. The van der Waals surface area contributed by atoms with Crippen LogP contribution in [0.3, 0.4) is 0 Å². The molecule has 2 N–H and O–H groups in total. The largest absolute Gasteiger partial charge is 0.490 e. The van der Waals surface area contributed by atoms with Crippen LogP contribution in [0.15, 0.2) is 53.6 Å². The van der Waals surface area contributed by atoms with Crippen LogP contribution in [0.2, 0.25) is 0 Å². The van der Waals surface area contributed by atoms with Gasteiger partial charge in [-0.15, -0.1) is 0 Å². The van der Waals surface area contributed by atoms with E-state index in [1.165, 1.54) is 19.4 Å². The first-order valence-corrected chi connectivity index (χ1v) is 10.4. The molecule has 156 valence electrons. The van der Waals surface area contributed by atoms with E-state index in [1.807, 2.05) is 12.1 Å². The Morgan fingerprint density at radius 1 is 1.13 bits per heavy atom. The van der Waals surface area contributed by atoms with Crippen molar-refractivity contribution >= 4 is 21.4 Å². The second kappa shape index (κ2) is 7.79. The number of nitrogens with zero attached hydrogens (tertiary/aromatic N) is 1. The van der Waals surface area contributed by atoms with Crippen LogP contribution in [0, 0.1) is 11.6 Å². The van der Waals surface area contributed by atoms with E-state index >= 15 is 0 Å². The summed E-state index contributed by atoms with van der Waals surface area (Å²) in [5.41, 5.74) is 2.18. The van der Waals surface area contributed by atoms with E-state index in [2.05, 4.69) is 15.0 Å². The van der Waals surface area contributed by atoms with Gasteiger partial charge in [-0.3, -0.25) is 4.72 Å². The minimum absolute atomic E-state index is 0.00395. The summed E-state index contributed by atoms with van der Waals surface area (Å²) >= 11 is 0. The van der Waals surface area contributed by atoms with Gasteiger partial charge in [0.15, 0.2) is 0 Å². The van der Waals surface area contributed by atoms with Crippen LogP contribution >= 0.6 is 0 Å². The molecule has 2 aromatic carbocycles. The first-order valence-electron chi connectivity index (χ1n) is 8.90. The van der Waals surface area contributed by atoms with Gasteiger partial charge in [0.1, 0.15) is 34.6 Å². The molecule has 4 rings (SSSR count). The zero-order valence-electron chi connectivity index (χ0n) is 15.8. The van der Waals surface area contributed by atoms with Crippen molar-refractivity contribution in [1.82, 2.24) is 4.98 Å². The zero-order valence-corrected chi connectivity index (χ0v) is 16.6. The predicted molar refractivity (Wildman–Crippen MR) is 107 cm³/mol. The first kappa shape index (κ1) is 19.9. The molecule has 0 aliphatic carbocycles. The maximum Gasteiger partial charge on any atom is 0.264 e. The van der Waals surface area contributed by atoms with Crippen molar-refractivity contribution in [2.75, 3.05) is 30.3 Å². The molecule has 0 unspecified atom stereocenters. The second-order valence-corrected chi connectivity index (χ2v) is 8.10. The van der Waals surface area contributed by atoms with E-state index in [0.29, 0.717) is 24.8 Å². The third kappa shape index (κ3) is 3.86. The number of hydrogen-bond acceptors (Lipinski definition) is 6. The highest BCUT2D eigenvalue weighted by Gasteiger charge is 2.22. The number of anilines is 2. The van der Waals surface area contributed by atoms with Crippen molar-refractivity contribution < 1.29 is 26.7 Å². The van der Waals surface area contributed by atoms with Gasteiger partial charge in [0.05, 0.1) is 12.8 Å². The highest BCUT2D eigenvalue weighted by atomic mass is 32.2. The zero-order chi connectivity index (χ0) is 21.3. The lowest BCUT2D eigenvalue weighted by Gasteiger charge is -2.20. The molecule has 0 saturated carbocycles. The lowest BCUT2D eigenvalue weighted by atomic mass is 10.1. The number of nitrogens with one attached hydrogen (secondary N) is 2. The summed E-state index contributed by atoms with van der Waals surface area (Å²) in [6.45, 7) is 1.24. The molecule has 30 heavy (non-hydrogen) atoms. The molecule has 7 nitrogen and oxygen atoms in total. The summed E-state index contributed by atoms with van der Waals surface area (Å²) in [6.07, 6.45) is 1.53. The van der Waals surface area contributed by atoms with Crippen molar-refractivity contribution in [3.63, 3.8) is 0 Å². The van der Waals surface area contributed by atoms with Gasteiger partial charge in [0.2, 0.25) is 5.88 Å². The van der Waals surface area contributed by atoms with Gasteiger partial charge in [-0.1, -0.05) is 6.07 Å². The number of fused-ring (bicyclic) bond motifs is 1. The number of hydrogen-bond donors (Lipinski definition) is 2. The van der Waals surface area contributed by atoms with Crippen molar-refractivity contribution in [2.45, 2.75) is 4.90 Å². The molecule has 1 aliphatic heterocycles. The summed E-state index contributed by atoms with van der Waals surface area (Å²) in [6, 6.07) is 9.22. The molecule has 0 atom stereocenters. The topological polar surface area (TPSA) is 89.5 Å². The number of methoxy groups -OCH3 is 1. The number of pyridine rings is 1. The molecule has 0 spiro atoms. The minimum atomic E-state index is -4.35. The Bertz CT molecular complexity index is 1220. The molecule has 0 fully saturated rings. The predicted octanol–water partition coefficient (Wildman–Crippen LogP) is 3.64. The van der Waals surface area contributed by atoms with Crippen LogP contribution < -0.4 is 19.5 Å². The van der Waals surface area contributed by atoms with E-state index in [-0.39, 0.29) is 11.6 Å². The Balaban J connectivity index is 1.71. The van der Waals surface area contributed by atoms with Gasteiger partial charge in [-0.2, -0.15) is 0 Å². The van der Waals surface area contributed by atoms with E-state index in [1.54, 1.807) is 6.07 Å². The molecule has 0 radical (unpaired) electrons. The summed E-state index contributed by atoms with van der Waals surface area (Å²) in [5, 5.41) is 3.23. The van der Waals surface area contributed by atoms with E-state index < -0.39 is 26.6 Å². The Hall–Kier alpha value is -3.40. The molecule has 0 amide bonds. The molecule has 1 aromatic heterocycles. The van der Waals surface area contributed by atoms with Crippen LogP contribution in [0.1, 0.15) is 0 Å². The van der Waals surface area contributed by atoms with Crippen LogP contribution in [0.5, 0.6) is 11.6 Å². The number of sulfonamides is 1. The minimum Gasteiger partial charge on any atom is -0.490 e. The fourth-order valence-electron chi connectivity index (χ4n) is 3.06. The third-order valence-electron chi connectivity index (χ3n) is 4.46. The highest BCUT2D eigenvalue weighted by molar-refractivity contribution is 7.92. The molecule has 1 aliphatic rings. The van der Waals surface area contributed by atoms with Crippen molar-refractivity contribution in [3.8, 4) is 22.8 Å². The number of benzene rings is 2. The van der Waals surface area contributed by atoms with Crippen molar-refractivity contribution in [3.05, 3.63) is 60.3 Å².